The van der Waals surface area contributed by atoms with E-state index in [4.69, 9.17) is 9.84 Å². The molecule has 0 aromatic heterocycles. The number of hydrogen-bond acceptors (Lipinski definition) is 4. The van der Waals surface area contributed by atoms with Gasteiger partial charge in [0, 0.05) is 33.1 Å². The number of ether oxygens (including phenoxy) is 1. The van der Waals surface area contributed by atoms with Gasteiger partial charge >= 0.3 is 6.09 Å². The molecular weight excluding hydrogens is 214 g/mol. The third kappa shape index (κ3) is 4.45. The Kier molecular flexibility index (Phi) is 5.00. The summed E-state index contributed by atoms with van der Waals surface area (Å²) in [5.74, 6) is -0.171. The van der Waals surface area contributed by atoms with E-state index in [9.17, 15) is 9.59 Å². The van der Waals surface area contributed by atoms with Crippen molar-refractivity contribution < 1.29 is 19.4 Å². The number of carbonyl (C=O) groups is 2. The van der Waals surface area contributed by atoms with E-state index in [1.165, 1.54) is 7.05 Å². The standard InChI is InChI=1S/C9H17N3O4/c1-11(9(14)15)3-2-8(13)10-12-4-6-16-7-5-12/h2-7H2,1H3,(H,10,13)(H,14,15). The predicted molar refractivity (Wildman–Crippen MR) is 55.8 cm³/mol. The van der Waals surface area contributed by atoms with Crippen LogP contribution in [0, 0.1) is 0 Å². The number of hydrazine groups is 1. The van der Waals surface area contributed by atoms with E-state index in [1.54, 1.807) is 5.01 Å². The van der Waals surface area contributed by atoms with Crippen molar-refractivity contribution in [3.05, 3.63) is 0 Å². The molecule has 0 aromatic rings. The monoisotopic (exact) mass is 231 g/mol. The van der Waals surface area contributed by atoms with Crippen LogP contribution in [0.3, 0.4) is 0 Å². The van der Waals surface area contributed by atoms with Gasteiger partial charge in [0.15, 0.2) is 0 Å². The molecule has 0 spiro atoms. The van der Waals surface area contributed by atoms with Gasteiger partial charge in [0.1, 0.15) is 0 Å². The molecule has 1 rings (SSSR count). The first-order valence-corrected chi connectivity index (χ1v) is 5.16. The maximum Gasteiger partial charge on any atom is 0.407 e. The third-order valence-electron chi connectivity index (χ3n) is 2.29. The summed E-state index contributed by atoms with van der Waals surface area (Å²) in [6, 6.07) is 0. The van der Waals surface area contributed by atoms with Crippen molar-refractivity contribution in [3.8, 4) is 0 Å². The highest BCUT2D eigenvalue weighted by Crippen LogP contribution is 1.94. The summed E-state index contributed by atoms with van der Waals surface area (Å²) in [7, 11) is 1.43. The molecule has 0 aliphatic carbocycles. The van der Waals surface area contributed by atoms with Crippen molar-refractivity contribution in [3.63, 3.8) is 0 Å². The molecule has 92 valence electrons. The maximum atomic E-state index is 11.4. The fourth-order valence-corrected chi connectivity index (χ4v) is 1.27. The fourth-order valence-electron chi connectivity index (χ4n) is 1.27. The van der Waals surface area contributed by atoms with Crippen LogP contribution in [-0.4, -0.2) is 66.9 Å². The second-order valence-electron chi connectivity index (χ2n) is 3.59. The van der Waals surface area contributed by atoms with Crippen molar-refractivity contribution in [2.24, 2.45) is 0 Å². The van der Waals surface area contributed by atoms with Crippen LogP contribution in [0.2, 0.25) is 0 Å². The van der Waals surface area contributed by atoms with Gasteiger partial charge in [0.25, 0.3) is 0 Å². The molecule has 1 aliphatic rings. The highest BCUT2D eigenvalue weighted by Gasteiger charge is 2.14. The molecule has 0 saturated carbocycles. The first kappa shape index (κ1) is 12.7. The first-order valence-electron chi connectivity index (χ1n) is 5.16. The van der Waals surface area contributed by atoms with Gasteiger partial charge in [-0.15, -0.1) is 0 Å². The SMILES string of the molecule is CN(CCC(=O)NN1CCOCC1)C(=O)O. The summed E-state index contributed by atoms with van der Waals surface area (Å²) in [5.41, 5.74) is 2.71. The van der Waals surface area contributed by atoms with Crippen molar-refractivity contribution in [1.29, 1.82) is 0 Å². The Morgan fingerprint density at radius 3 is 2.62 bits per heavy atom. The van der Waals surface area contributed by atoms with Gasteiger partial charge in [-0.1, -0.05) is 0 Å². The Balaban J connectivity index is 2.17. The van der Waals surface area contributed by atoms with Crippen LogP contribution in [-0.2, 0) is 9.53 Å². The van der Waals surface area contributed by atoms with Crippen LogP contribution in [0.15, 0.2) is 0 Å². The lowest BCUT2D eigenvalue weighted by molar-refractivity contribution is -0.128. The zero-order valence-electron chi connectivity index (χ0n) is 9.31. The molecule has 1 aliphatic heterocycles. The quantitative estimate of drug-likeness (QED) is 0.672. The molecule has 1 saturated heterocycles. The number of carbonyl (C=O) groups excluding carboxylic acids is 1. The molecule has 0 radical (unpaired) electrons. The van der Waals surface area contributed by atoms with Crippen LogP contribution in [0.4, 0.5) is 4.79 Å². The van der Waals surface area contributed by atoms with E-state index in [1.807, 2.05) is 0 Å². The zero-order valence-corrected chi connectivity index (χ0v) is 9.31. The van der Waals surface area contributed by atoms with Gasteiger partial charge in [0.2, 0.25) is 5.91 Å². The molecule has 2 N–H and O–H groups in total. The van der Waals surface area contributed by atoms with Crippen molar-refractivity contribution in [1.82, 2.24) is 15.3 Å². The zero-order chi connectivity index (χ0) is 12.0. The molecule has 7 heteroatoms. The Morgan fingerprint density at radius 1 is 1.44 bits per heavy atom. The largest absolute Gasteiger partial charge is 0.465 e. The number of hydrogen-bond donors (Lipinski definition) is 2. The van der Waals surface area contributed by atoms with Crippen molar-refractivity contribution >= 4 is 12.0 Å². The molecule has 1 fully saturated rings. The van der Waals surface area contributed by atoms with Gasteiger partial charge in [-0.3, -0.25) is 10.2 Å². The summed E-state index contributed by atoms with van der Waals surface area (Å²) >= 11 is 0. The molecule has 2 amide bonds. The number of nitrogens with one attached hydrogen (secondary N) is 1. The van der Waals surface area contributed by atoms with Crippen LogP contribution in [0.5, 0.6) is 0 Å². The Morgan fingerprint density at radius 2 is 2.06 bits per heavy atom. The maximum absolute atomic E-state index is 11.4. The van der Waals surface area contributed by atoms with E-state index >= 15 is 0 Å². The highest BCUT2D eigenvalue weighted by atomic mass is 16.5. The van der Waals surface area contributed by atoms with Crippen LogP contribution in [0.1, 0.15) is 6.42 Å². The topological polar surface area (TPSA) is 82.1 Å². The van der Waals surface area contributed by atoms with E-state index in [0.29, 0.717) is 26.3 Å². The van der Waals surface area contributed by atoms with Gasteiger partial charge in [-0.05, 0) is 0 Å². The minimum Gasteiger partial charge on any atom is -0.465 e. The second kappa shape index (κ2) is 6.29. The summed E-state index contributed by atoms with van der Waals surface area (Å²) in [4.78, 5) is 23.0. The summed E-state index contributed by atoms with van der Waals surface area (Å²) in [5, 5.41) is 10.4. The highest BCUT2D eigenvalue weighted by molar-refractivity contribution is 5.76. The summed E-state index contributed by atoms with van der Waals surface area (Å²) in [6.07, 6.45) is -0.862. The number of amides is 2. The fraction of sp³-hybridized carbons (Fsp3) is 0.778. The molecule has 0 aromatic carbocycles. The van der Waals surface area contributed by atoms with Crippen LogP contribution < -0.4 is 5.43 Å². The lowest BCUT2D eigenvalue weighted by Crippen LogP contribution is -2.48. The smallest absolute Gasteiger partial charge is 0.407 e. The molecule has 0 atom stereocenters. The molecule has 7 nitrogen and oxygen atoms in total. The van der Waals surface area contributed by atoms with Gasteiger partial charge in [0.05, 0.1) is 13.2 Å². The average Bonchev–Trinajstić information content (AvgIpc) is 2.27. The lowest BCUT2D eigenvalue weighted by Gasteiger charge is -2.27. The lowest BCUT2D eigenvalue weighted by atomic mass is 10.4. The average molecular weight is 231 g/mol. The second-order valence-corrected chi connectivity index (χ2v) is 3.59. The van der Waals surface area contributed by atoms with Gasteiger partial charge < -0.3 is 14.7 Å². The van der Waals surface area contributed by atoms with Crippen LogP contribution >= 0.6 is 0 Å². The number of rotatable bonds is 4. The molecule has 0 bridgehead atoms. The van der Waals surface area contributed by atoms with Gasteiger partial charge in [-0.2, -0.15) is 0 Å². The van der Waals surface area contributed by atoms with Gasteiger partial charge in [-0.25, -0.2) is 9.80 Å². The van der Waals surface area contributed by atoms with E-state index in [-0.39, 0.29) is 18.9 Å². The van der Waals surface area contributed by atoms with E-state index < -0.39 is 6.09 Å². The van der Waals surface area contributed by atoms with E-state index in [2.05, 4.69) is 5.43 Å². The van der Waals surface area contributed by atoms with E-state index in [0.717, 1.165) is 4.90 Å². The number of nitrogens with zero attached hydrogens (tertiary/aromatic N) is 2. The molecule has 16 heavy (non-hydrogen) atoms. The molecule has 0 unspecified atom stereocenters. The summed E-state index contributed by atoms with van der Waals surface area (Å²) < 4.78 is 5.13. The summed E-state index contributed by atoms with van der Waals surface area (Å²) in [6.45, 7) is 2.75. The Bertz CT molecular complexity index is 253. The first-order chi connectivity index (χ1) is 7.59. The minimum atomic E-state index is -1.03. The Hall–Kier alpha value is -1.34. The predicted octanol–water partition coefficient (Wildman–Crippen LogP) is -0.650. The van der Waals surface area contributed by atoms with Crippen molar-refractivity contribution in [2.45, 2.75) is 6.42 Å². The molecule has 1 heterocycles. The van der Waals surface area contributed by atoms with Crippen molar-refractivity contribution in [2.75, 3.05) is 39.9 Å². The third-order valence-corrected chi connectivity index (χ3v) is 2.29. The number of morpholine rings is 1. The Labute approximate surface area is 93.9 Å². The van der Waals surface area contributed by atoms with Crippen LogP contribution in [0.25, 0.3) is 0 Å². The molecular formula is C9H17N3O4. The minimum absolute atomic E-state index is 0.167. The number of carboxylic acid groups (broad SMARTS) is 1. The normalized spacial score (nSPS) is 16.8.